The largest absolute Gasteiger partial charge is 0.466 e. The molecule has 3 N–H and O–H groups in total. The lowest BCUT2D eigenvalue weighted by atomic mass is 10.0. The normalized spacial score (nSPS) is 12.5. The fourth-order valence-electron chi connectivity index (χ4n) is 8.70. The quantitative estimate of drug-likeness (QED) is 0.0418. The maximum absolute atomic E-state index is 12.5. The Morgan fingerprint density at radius 3 is 1.02 bits per heavy atom. The van der Waals surface area contributed by atoms with E-state index in [-0.39, 0.29) is 18.5 Å². The molecular weight excluding hydrogens is 743 g/mol. The lowest BCUT2D eigenvalue weighted by Gasteiger charge is -2.22. The lowest BCUT2D eigenvalue weighted by Crippen LogP contribution is -2.45. The highest BCUT2D eigenvalue weighted by molar-refractivity contribution is 5.76. The SMILES string of the molecule is CCCCCCCCCCCCCCCCCCCCCCCCC(O)C(CO)NC(=O)CCCCCCCCCCCCOC(=O)CCCCCCCCCCCCC. The van der Waals surface area contributed by atoms with E-state index in [4.69, 9.17) is 4.74 Å². The second kappa shape index (κ2) is 50.5. The molecule has 0 aromatic carbocycles. The van der Waals surface area contributed by atoms with Crippen molar-refractivity contribution in [3.63, 3.8) is 0 Å². The van der Waals surface area contributed by atoms with Crippen LogP contribution in [0.2, 0.25) is 0 Å². The van der Waals surface area contributed by atoms with Crippen molar-refractivity contribution in [2.45, 2.75) is 321 Å². The Kier molecular flexibility index (Phi) is 49.5. The summed E-state index contributed by atoms with van der Waals surface area (Å²) in [5, 5.41) is 23.3. The Labute approximate surface area is 375 Å². The van der Waals surface area contributed by atoms with Crippen LogP contribution in [0.15, 0.2) is 0 Å². The zero-order valence-electron chi connectivity index (χ0n) is 40.7. The summed E-state index contributed by atoms with van der Waals surface area (Å²) in [5.74, 6) is -0.0716. The first-order chi connectivity index (χ1) is 29.5. The topological polar surface area (TPSA) is 95.9 Å². The summed E-state index contributed by atoms with van der Waals surface area (Å²) in [6.07, 6.45) is 56.5. The van der Waals surface area contributed by atoms with Gasteiger partial charge in [0.2, 0.25) is 5.91 Å². The third-order valence-electron chi connectivity index (χ3n) is 12.9. The van der Waals surface area contributed by atoms with Crippen LogP contribution in [0.4, 0.5) is 0 Å². The number of esters is 1. The van der Waals surface area contributed by atoms with Crippen LogP contribution in [-0.4, -0.2) is 47.4 Å². The molecule has 2 atom stereocenters. The molecule has 358 valence electrons. The molecule has 0 radical (unpaired) electrons. The van der Waals surface area contributed by atoms with Crippen LogP contribution in [-0.2, 0) is 14.3 Å². The highest BCUT2D eigenvalue weighted by Gasteiger charge is 2.20. The van der Waals surface area contributed by atoms with Gasteiger partial charge < -0.3 is 20.3 Å². The molecular formula is C54H107NO5. The van der Waals surface area contributed by atoms with E-state index in [9.17, 15) is 19.8 Å². The van der Waals surface area contributed by atoms with Crippen LogP contribution in [0.1, 0.15) is 309 Å². The number of aliphatic hydroxyl groups excluding tert-OH is 2. The average Bonchev–Trinajstić information content (AvgIpc) is 3.25. The summed E-state index contributed by atoms with van der Waals surface area (Å²) in [6, 6.07) is -0.557. The highest BCUT2D eigenvalue weighted by atomic mass is 16.5. The van der Waals surface area contributed by atoms with Crippen molar-refractivity contribution in [2.75, 3.05) is 13.2 Å². The number of rotatable bonds is 51. The molecule has 1 amide bonds. The van der Waals surface area contributed by atoms with Crippen molar-refractivity contribution in [1.82, 2.24) is 5.32 Å². The van der Waals surface area contributed by atoms with Crippen LogP contribution >= 0.6 is 0 Å². The zero-order valence-corrected chi connectivity index (χ0v) is 40.7. The van der Waals surface area contributed by atoms with Gasteiger partial charge in [-0.3, -0.25) is 9.59 Å². The Morgan fingerprint density at radius 2 is 0.683 bits per heavy atom. The maximum Gasteiger partial charge on any atom is 0.305 e. The van der Waals surface area contributed by atoms with E-state index in [1.54, 1.807) is 0 Å². The van der Waals surface area contributed by atoms with Gasteiger partial charge in [0.25, 0.3) is 0 Å². The van der Waals surface area contributed by atoms with Gasteiger partial charge in [-0.15, -0.1) is 0 Å². The third-order valence-corrected chi connectivity index (χ3v) is 12.9. The van der Waals surface area contributed by atoms with Gasteiger partial charge >= 0.3 is 5.97 Å². The second-order valence-corrected chi connectivity index (χ2v) is 18.9. The van der Waals surface area contributed by atoms with Crippen LogP contribution in [0.5, 0.6) is 0 Å². The molecule has 0 aromatic rings. The number of nitrogens with one attached hydrogen (secondary N) is 1. The summed E-state index contributed by atoms with van der Waals surface area (Å²) in [6.45, 7) is 4.92. The molecule has 6 nitrogen and oxygen atoms in total. The number of ether oxygens (including phenoxy) is 1. The molecule has 0 fully saturated rings. The van der Waals surface area contributed by atoms with Crippen LogP contribution in [0.25, 0.3) is 0 Å². The molecule has 0 saturated heterocycles. The highest BCUT2D eigenvalue weighted by Crippen LogP contribution is 2.17. The maximum atomic E-state index is 12.5. The van der Waals surface area contributed by atoms with Gasteiger partial charge in [-0.25, -0.2) is 0 Å². The molecule has 0 saturated carbocycles. The number of aliphatic hydroxyl groups is 2. The van der Waals surface area contributed by atoms with Crippen molar-refractivity contribution in [3.05, 3.63) is 0 Å². The predicted molar refractivity (Wildman–Crippen MR) is 260 cm³/mol. The second-order valence-electron chi connectivity index (χ2n) is 18.9. The summed E-state index contributed by atoms with van der Waals surface area (Å²) in [4.78, 5) is 24.5. The van der Waals surface area contributed by atoms with E-state index in [0.717, 1.165) is 57.8 Å². The first kappa shape index (κ1) is 58.9. The van der Waals surface area contributed by atoms with Crippen molar-refractivity contribution in [1.29, 1.82) is 0 Å². The molecule has 0 spiro atoms. The molecule has 0 rings (SSSR count). The molecule has 0 heterocycles. The van der Waals surface area contributed by atoms with Gasteiger partial charge in [0.15, 0.2) is 0 Å². The summed E-state index contributed by atoms with van der Waals surface area (Å²) < 4.78 is 5.44. The van der Waals surface area contributed by atoms with Crippen LogP contribution in [0.3, 0.4) is 0 Å². The molecule has 0 aliphatic carbocycles. The smallest absolute Gasteiger partial charge is 0.305 e. The van der Waals surface area contributed by atoms with E-state index < -0.39 is 12.1 Å². The molecule has 0 aliphatic rings. The van der Waals surface area contributed by atoms with Crippen LogP contribution < -0.4 is 5.32 Å². The number of carbonyl (C=O) groups excluding carboxylic acids is 2. The Balaban J connectivity index is 3.46. The van der Waals surface area contributed by atoms with E-state index in [0.29, 0.717) is 25.9 Å². The summed E-state index contributed by atoms with van der Waals surface area (Å²) in [7, 11) is 0. The van der Waals surface area contributed by atoms with E-state index in [1.807, 2.05) is 0 Å². The minimum atomic E-state index is -0.678. The van der Waals surface area contributed by atoms with Gasteiger partial charge in [-0.05, 0) is 25.7 Å². The number of hydrogen-bond donors (Lipinski definition) is 3. The van der Waals surface area contributed by atoms with Crippen LogP contribution in [0, 0.1) is 0 Å². The first-order valence-electron chi connectivity index (χ1n) is 27.3. The van der Waals surface area contributed by atoms with Gasteiger partial charge in [-0.1, -0.05) is 271 Å². The van der Waals surface area contributed by atoms with E-state index >= 15 is 0 Å². The molecule has 0 aromatic heterocycles. The summed E-state index contributed by atoms with van der Waals surface area (Å²) >= 11 is 0. The van der Waals surface area contributed by atoms with Crippen molar-refractivity contribution < 1.29 is 24.5 Å². The monoisotopic (exact) mass is 850 g/mol. The zero-order chi connectivity index (χ0) is 43.7. The fraction of sp³-hybridized carbons (Fsp3) is 0.963. The minimum Gasteiger partial charge on any atom is -0.466 e. The minimum absolute atomic E-state index is 0.0178. The molecule has 0 bridgehead atoms. The standard InChI is InChI=1S/C54H107NO5/c1-3-5-7-9-11-13-15-16-17-18-19-20-21-22-23-24-25-27-30-34-38-42-46-52(57)51(50-56)55-53(58)47-43-39-35-31-28-29-33-37-41-45-49-60-54(59)48-44-40-36-32-26-14-12-10-8-6-4-2/h51-52,56-57H,3-50H2,1-2H3,(H,55,58). The Bertz CT molecular complexity index is 852. The van der Waals surface area contributed by atoms with Crippen molar-refractivity contribution >= 4 is 11.9 Å². The number of carbonyl (C=O) groups is 2. The van der Waals surface area contributed by atoms with E-state index in [1.165, 1.54) is 218 Å². The molecule has 60 heavy (non-hydrogen) atoms. The van der Waals surface area contributed by atoms with Gasteiger partial charge in [0, 0.05) is 12.8 Å². The van der Waals surface area contributed by atoms with Crippen molar-refractivity contribution in [3.8, 4) is 0 Å². The molecule has 2 unspecified atom stereocenters. The molecule has 0 aliphatic heterocycles. The van der Waals surface area contributed by atoms with E-state index in [2.05, 4.69) is 19.2 Å². The fourth-order valence-corrected chi connectivity index (χ4v) is 8.70. The first-order valence-corrected chi connectivity index (χ1v) is 27.3. The number of amides is 1. The van der Waals surface area contributed by atoms with Gasteiger partial charge in [0.05, 0.1) is 25.4 Å². The Morgan fingerprint density at radius 1 is 0.400 bits per heavy atom. The average molecular weight is 850 g/mol. The number of unbranched alkanes of at least 4 members (excludes halogenated alkanes) is 40. The lowest BCUT2D eigenvalue weighted by molar-refractivity contribution is -0.143. The predicted octanol–water partition coefficient (Wildman–Crippen LogP) is 16.4. The Hall–Kier alpha value is -1.14. The molecule has 6 heteroatoms. The number of hydrogen-bond acceptors (Lipinski definition) is 5. The summed E-state index contributed by atoms with van der Waals surface area (Å²) in [5.41, 5.74) is 0. The van der Waals surface area contributed by atoms with Gasteiger partial charge in [-0.2, -0.15) is 0 Å². The van der Waals surface area contributed by atoms with Crippen molar-refractivity contribution in [2.24, 2.45) is 0 Å². The van der Waals surface area contributed by atoms with Gasteiger partial charge in [0.1, 0.15) is 0 Å². The third kappa shape index (κ3) is 46.4.